The van der Waals surface area contributed by atoms with Crippen molar-refractivity contribution >= 4 is 5.82 Å². The van der Waals surface area contributed by atoms with Crippen molar-refractivity contribution in [2.45, 2.75) is 32.7 Å². The van der Waals surface area contributed by atoms with Crippen LogP contribution in [0.4, 0.5) is 5.82 Å². The van der Waals surface area contributed by atoms with Crippen LogP contribution in [0, 0.1) is 5.92 Å². The van der Waals surface area contributed by atoms with Gasteiger partial charge in [-0.3, -0.25) is 4.98 Å². The maximum absolute atomic E-state index is 9.81. The summed E-state index contributed by atoms with van der Waals surface area (Å²) in [4.78, 5) is 9.08. The van der Waals surface area contributed by atoms with Crippen molar-refractivity contribution in [1.82, 2.24) is 9.97 Å². The summed E-state index contributed by atoms with van der Waals surface area (Å²) < 4.78 is 5.20. The van der Waals surface area contributed by atoms with Gasteiger partial charge in [-0.2, -0.15) is 0 Å². The summed E-state index contributed by atoms with van der Waals surface area (Å²) >= 11 is 0. The van der Waals surface area contributed by atoms with Gasteiger partial charge in [0.2, 0.25) is 0 Å². The van der Waals surface area contributed by atoms with Gasteiger partial charge < -0.3 is 15.2 Å². The molecular formula is C23H27N3O2. The smallest absolute Gasteiger partial charge is 0.161 e. The third-order valence-electron chi connectivity index (χ3n) is 4.67. The van der Waals surface area contributed by atoms with Crippen LogP contribution in [0.25, 0.3) is 11.3 Å². The van der Waals surface area contributed by atoms with E-state index in [1.807, 2.05) is 6.07 Å². The number of nitrogens with zero attached hydrogens (tertiary/aromatic N) is 2. The molecule has 0 aliphatic rings. The molecule has 5 nitrogen and oxygen atoms in total. The first-order valence-corrected chi connectivity index (χ1v) is 9.57. The lowest BCUT2D eigenvalue weighted by atomic mass is 9.97. The minimum absolute atomic E-state index is 0.103. The van der Waals surface area contributed by atoms with E-state index in [1.165, 1.54) is 12.7 Å². The molecule has 1 aromatic heterocycles. The second-order valence-electron chi connectivity index (χ2n) is 7.25. The highest BCUT2D eigenvalue weighted by Crippen LogP contribution is 2.31. The normalized spacial score (nSPS) is 12.0. The molecule has 0 amide bonds. The van der Waals surface area contributed by atoms with Crippen molar-refractivity contribution in [3.05, 3.63) is 66.5 Å². The highest BCUT2D eigenvalue weighted by atomic mass is 16.5. The molecule has 1 heterocycles. The molecule has 1 atom stereocenters. The maximum atomic E-state index is 9.81. The van der Waals surface area contributed by atoms with Gasteiger partial charge in [0.1, 0.15) is 5.82 Å². The Kier molecular flexibility index (Phi) is 6.48. The van der Waals surface area contributed by atoms with E-state index in [9.17, 15) is 5.11 Å². The molecule has 0 bridgehead atoms. The van der Waals surface area contributed by atoms with Crippen molar-refractivity contribution in [1.29, 1.82) is 0 Å². The predicted molar refractivity (Wildman–Crippen MR) is 113 cm³/mol. The number of hydrogen-bond donors (Lipinski definition) is 2. The van der Waals surface area contributed by atoms with Crippen molar-refractivity contribution in [2.24, 2.45) is 5.92 Å². The molecule has 0 aliphatic carbocycles. The topological polar surface area (TPSA) is 67.3 Å². The summed E-state index contributed by atoms with van der Waals surface area (Å²) in [5, 5.41) is 13.4. The molecule has 5 heteroatoms. The van der Waals surface area contributed by atoms with E-state index >= 15 is 0 Å². The Morgan fingerprint density at radius 2 is 1.82 bits per heavy atom. The molecule has 0 radical (unpaired) electrons. The molecule has 0 aliphatic heterocycles. The van der Waals surface area contributed by atoms with Crippen LogP contribution >= 0.6 is 0 Å². The molecule has 146 valence electrons. The Morgan fingerprint density at radius 1 is 1.04 bits per heavy atom. The van der Waals surface area contributed by atoms with Crippen molar-refractivity contribution in [3.8, 4) is 22.8 Å². The van der Waals surface area contributed by atoms with Gasteiger partial charge in [0.15, 0.2) is 11.5 Å². The third-order valence-corrected chi connectivity index (χ3v) is 4.67. The lowest BCUT2D eigenvalue weighted by molar-refractivity contribution is 0.373. The van der Waals surface area contributed by atoms with Crippen molar-refractivity contribution < 1.29 is 9.84 Å². The fraction of sp³-hybridized carbons (Fsp3) is 0.304. The zero-order valence-electron chi connectivity index (χ0n) is 16.6. The first-order chi connectivity index (χ1) is 13.6. The fourth-order valence-electron chi connectivity index (χ4n) is 3.10. The van der Waals surface area contributed by atoms with E-state index in [4.69, 9.17) is 9.72 Å². The van der Waals surface area contributed by atoms with Gasteiger partial charge in [-0.05, 0) is 42.5 Å². The van der Waals surface area contributed by atoms with Gasteiger partial charge in [0, 0.05) is 5.56 Å². The molecule has 3 rings (SSSR count). The Bertz CT molecular complexity index is 897. The first kappa shape index (κ1) is 19.7. The molecule has 0 saturated carbocycles. The van der Waals surface area contributed by atoms with Crippen molar-refractivity contribution in [2.75, 3.05) is 12.4 Å². The number of hydrogen-bond acceptors (Lipinski definition) is 5. The monoisotopic (exact) mass is 377 g/mol. The standard InChI is InChI=1S/C23H27N3O2/c1-16(2)9-11-19(17-7-5-4-6-8-17)25-23-15-24-14-20(26-23)18-10-12-21(27)22(13-18)28-3/h4-8,10,12-16,19,27H,9,11H2,1-3H3,(H,25,26)/t19-/m1/s1. The number of phenols is 1. The minimum Gasteiger partial charge on any atom is -0.504 e. The van der Waals surface area contributed by atoms with Crippen LogP contribution in [0.3, 0.4) is 0 Å². The number of phenolic OH excluding ortho intramolecular Hbond substituents is 1. The molecule has 28 heavy (non-hydrogen) atoms. The Hall–Kier alpha value is -3.08. The second kappa shape index (κ2) is 9.22. The molecule has 3 aromatic rings. The third kappa shape index (κ3) is 5.00. The van der Waals surface area contributed by atoms with E-state index in [-0.39, 0.29) is 11.8 Å². The average molecular weight is 377 g/mol. The minimum atomic E-state index is 0.103. The Morgan fingerprint density at radius 3 is 2.54 bits per heavy atom. The largest absolute Gasteiger partial charge is 0.504 e. The van der Waals surface area contributed by atoms with Gasteiger partial charge in [-0.15, -0.1) is 0 Å². The summed E-state index contributed by atoms with van der Waals surface area (Å²) in [7, 11) is 1.53. The number of rotatable bonds is 8. The number of methoxy groups -OCH3 is 1. The van der Waals surface area contributed by atoms with Crippen LogP contribution in [0.1, 0.15) is 38.3 Å². The molecule has 0 spiro atoms. The second-order valence-corrected chi connectivity index (χ2v) is 7.25. The zero-order valence-corrected chi connectivity index (χ0v) is 16.6. The quantitative estimate of drug-likeness (QED) is 0.546. The highest BCUT2D eigenvalue weighted by Gasteiger charge is 2.14. The van der Waals surface area contributed by atoms with Gasteiger partial charge >= 0.3 is 0 Å². The van der Waals surface area contributed by atoms with E-state index in [0.29, 0.717) is 11.7 Å². The number of ether oxygens (including phenoxy) is 1. The van der Waals surface area contributed by atoms with E-state index in [0.717, 1.165) is 29.9 Å². The number of aromatic nitrogens is 2. The number of benzene rings is 2. The lowest BCUT2D eigenvalue weighted by Crippen LogP contribution is -2.13. The summed E-state index contributed by atoms with van der Waals surface area (Å²) in [5.74, 6) is 1.88. The zero-order chi connectivity index (χ0) is 19.9. The van der Waals surface area contributed by atoms with Gasteiger partial charge in [-0.1, -0.05) is 44.2 Å². The summed E-state index contributed by atoms with van der Waals surface area (Å²) in [6.45, 7) is 4.47. The van der Waals surface area contributed by atoms with Crippen LogP contribution in [0.5, 0.6) is 11.5 Å². The molecular weight excluding hydrogens is 350 g/mol. The lowest BCUT2D eigenvalue weighted by Gasteiger charge is -2.21. The number of nitrogens with one attached hydrogen (secondary N) is 1. The predicted octanol–water partition coefficient (Wildman–Crippen LogP) is 5.45. The van der Waals surface area contributed by atoms with Crippen LogP contribution in [0.2, 0.25) is 0 Å². The summed E-state index contributed by atoms with van der Waals surface area (Å²) in [5.41, 5.74) is 2.80. The van der Waals surface area contributed by atoms with E-state index < -0.39 is 0 Å². The first-order valence-electron chi connectivity index (χ1n) is 9.57. The SMILES string of the molecule is COc1cc(-c2cncc(N[C@H](CCC(C)C)c3ccccc3)n2)ccc1O. The molecule has 0 unspecified atom stereocenters. The number of anilines is 1. The molecule has 0 fully saturated rings. The Labute approximate surface area is 166 Å². The average Bonchev–Trinajstić information content (AvgIpc) is 2.72. The van der Waals surface area contributed by atoms with E-state index in [2.05, 4.69) is 48.4 Å². The number of aromatic hydroxyl groups is 1. The van der Waals surface area contributed by atoms with Crippen LogP contribution in [-0.4, -0.2) is 22.2 Å². The van der Waals surface area contributed by atoms with Crippen LogP contribution < -0.4 is 10.1 Å². The summed E-state index contributed by atoms with van der Waals surface area (Å²) in [6.07, 6.45) is 5.59. The van der Waals surface area contributed by atoms with Crippen molar-refractivity contribution in [3.63, 3.8) is 0 Å². The van der Waals surface area contributed by atoms with Gasteiger partial charge in [-0.25, -0.2) is 4.98 Å². The maximum Gasteiger partial charge on any atom is 0.161 e. The van der Waals surface area contributed by atoms with Gasteiger partial charge in [0.25, 0.3) is 0 Å². The van der Waals surface area contributed by atoms with Crippen LogP contribution in [0.15, 0.2) is 60.9 Å². The highest BCUT2D eigenvalue weighted by molar-refractivity contribution is 5.64. The summed E-state index contributed by atoms with van der Waals surface area (Å²) in [6, 6.07) is 15.8. The van der Waals surface area contributed by atoms with E-state index in [1.54, 1.807) is 30.6 Å². The molecule has 0 saturated heterocycles. The molecule has 2 N–H and O–H groups in total. The van der Waals surface area contributed by atoms with Gasteiger partial charge in [0.05, 0.1) is 31.2 Å². The Balaban J connectivity index is 1.85. The fourth-order valence-corrected chi connectivity index (χ4v) is 3.10. The molecule has 2 aromatic carbocycles. The van der Waals surface area contributed by atoms with Crippen LogP contribution in [-0.2, 0) is 0 Å².